The van der Waals surface area contributed by atoms with Crippen molar-refractivity contribution in [1.29, 1.82) is 0 Å². The minimum atomic E-state index is -2.77. The summed E-state index contributed by atoms with van der Waals surface area (Å²) in [6, 6.07) is 18.7. The lowest BCUT2D eigenvalue weighted by molar-refractivity contribution is -0.175. The normalized spacial score (nSPS) is 17.1. The summed E-state index contributed by atoms with van der Waals surface area (Å²) in [5.41, 5.74) is 5.64. The molecule has 0 radical (unpaired) electrons. The highest BCUT2D eigenvalue weighted by Crippen LogP contribution is 2.69. The van der Waals surface area contributed by atoms with Crippen molar-refractivity contribution in [3.8, 4) is 17.2 Å². The van der Waals surface area contributed by atoms with Gasteiger partial charge < -0.3 is 18.9 Å². The molecule has 0 fully saturated rings. The van der Waals surface area contributed by atoms with E-state index in [-0.39, 0.29) is 16.2 Å². The Hall–Kier alpha value is -2.55. The highest BCUT2D eigenvalue weighted by molar-refractivity contribution is 7.47. The van der Waals surface area contributed by atoms with Crippen LogP contribution in [-0.4, -0.2) is 14.2 Å². The fourth-order valence-electron chi connectivity index (χ4n) is 5.26. The Morgan fingerprint density at radius 1 is 0.605 bits per heavy atom. The summed E-state index contributed by atoms with van der Waals surface area (Å²) in [6.45, 7) is 19.7. The van der Waals surface area contributed by atoms with Gasteiger partial charge in [0.15, 0.2) is 19.3 Å². The van der Waals surface area contributed by atoms with Crippen LogP contribution in [0.2, 0.25) is 0 Å². The van der Waals surface area contributed by atoms with Crippen LogP contribution in [0.5, 0.6) is 17.2 Å². The largest absolute Gasteiger partial charge is 0.649 e. The molecule has 5 heteroatoms. The quantitative estimate of drug-likeness (QED) is 0.322. The van der Waals surface area contributed by atoms with E-state index in [1.807, 2.05) is 18.2 Å². The lowest BCUT2D eigenvalue weighted by Crippen LogP contribution is -2.31. The van der Waals surface area contributed by atoms with Crippen LogP contribution in [0.1, 0.15) is 95.7 Å². The first kappa shape index (κ1) is 28.5. The zero-order chi connectivity index (χ0) is 28.3. The molecule has 0 bridgehead atoms. The monoisotopic (exact) mass is 534 g/mol. The molecule has 0 spiro atoms. The molecule has 1 heterocycles. The van der Waals surface area contributed by atoms with Gasteiger partial charge in [-0.3, -0.25) is 0 Å². The Morgan fingerprint density at radius 3 is 1.34 bits per heavy atom. The van der Waals surface area contributed by atoms with Gasteiger partial charge in [0.1, 0.15) is 11.5 Å². The summed E-state index contributed by atoms with van der Waals surface area (Å²) in [5.74, 6) is 2.00. The van der Waals surface area contributed by atoms with Crippen molar-refractivity contribution < 1.29 is 18.9 Å². The predicted octanol–water partition coefficient (Wildman–Crippen LogP) is 7.69. The van der Waals surface area contributed by atoms with Crippen molar-refractivity contribution in [2.45, 2.75) is 83.7 Å². The standard InChI is InChI=1S/C33H43O4P/c1-30(2,3)21-12-15-27(35-10)24(18-21)33(25-19-22(31(4,5)6)13-16-28(25)36-11)26-20-23(32(7,8)9)14-17-29(26)37-38(33)34/h12-20,38H,1-11H3. The van der Waals surface area contributed by atoms with E-state index in [1.165, 1.54) is 0 Å². The molecule has 38 heavy (non-hydrogen) atoms. The number of ether oxygens (including phenoxy) is 2. The molecule has 0 N–H and O–H groups in total. The van der Waals surface area contributed by atoms with Gasteiger partial charge in [0.2, 0.25) is 0 Å². The second-order valence-corrected chi connectivity index (χ2v) is 15.0. The molecule has 3 aromatic carbocycles. The highest BCUT2D eigenvalue weighted by atomic mass is 31.2. The van der Waals surface area contributed by atoms with E-state index in [0.29, 0.717) is 17.2 Å². The van der Waals surface area contributed by atoms with Crippen molar-refractivity contribution in [3.63, 3.8) is 0 Å². The maximum Gasteiger partial charge on any atom is 0.193 e. The minimum absolute atomic E-state index is 0.103. The summed E-state index contributed by atoms with van der Waals surface area (Å²) in [5, 5.41) is -1.10. The number of rotatable bonds is 4. The van der Waals surface area contributed by atoms with Crippen LogP contribution in [0.3, 0.4) is 0 Å². The van der Waals surface area contributed by atoms with Gasteiger partial charge in [0.25, 0.3) is 0 Å². The van der Waals surface area contributed by atoms with Gasteiger partial charge in [-0.05, 0) is 69.3 Å². The molecule has 3 aromatic rings. The Morgan fingerprint density at radius 2 is 0.974 bits per heavy atom. The van der Waals surface area contributed by atoms with E-state index in [2.05, 4.69) is 98.7 Å². The van der Waals surface area contributed by atoms with Crippen molar-refractivity contribution in [1.82, 2.24) is 0 Å². The van der Waals surface area contributed by atoms with Gasteiger partial charge >= 0.3 is 0 Å². The van der Waals surface area contributed by atoms with Gasteiger partial charge in [-0.25, -0.2) is 0 Å². The zero-order valence-electron chi connectivity index (χ0n) is 24.8. The molecule has 0 aliphatic carbocycles. The maximum absolute atomic E-state index is 14.6. The van der Waals surface area contributed by atoms with Crippen LogP contribution in [-0.2, 0) is 21.4 Å². The van der Waals surface area contributed by atoms with E-state index < -0.39 is 13.5 Å². The molecule has 0 saturated carbocycles. The average Bonchev–Trinajstić information content (AvgIpc) is 3.12. The Balaban J connectivity index is 2.23. The smallest absolute Gasteiger partial charge is 0.193 e. The van der Waals surface area contributed by atoms with Gasteiger partial charge in [-0.1, -0.05) is 80.5 Å². The SMILES string of the molecule is COc1ccc(C(C)(C)C)cc1C1(c2cc(C(C)(C)C)ccc2OC)c2cc(C(C)(C)C)ccc2O[PH+]1[O-]. The number of benzene rings is 3. The molecular weight excluding hydrogens is 491 g/mol. The van der Waals surface area contributed by atoms with Crippen LogP contribution in [0.15, 0.2) is 54.6 Å². The van der Waals surface area contributed by atoms with E-state index >= 15 is 0 Å². The van der Waals surface area contributed by atoms with Gasteiger partial charge in [0.05, 0.1) is 19.8 Å². The highest BCUT2D eigenvalue weighted by Gasteiger charge is 2.58. The van der Waals surface area contributed by atoms with Crippen molar-refractivity contribution in [2.75, 3.05) is 14.2 Å². The van der Waals surface area contributed by atoms with Gasteiger partial charge in [0, 0.05) is 11.1 Å². The van der Waals surface area contributed by atoms with Crippen molar-refractivity contribution in [2.24, 2.45) is 0 Å². The first-order chi connectivity index (χ1) is 17.5. The summed E-state index contributed by atoms with van der Waals surface area (Å²) in [4.78, 5) is 14.6. The van der Waals surface area contributed by atoms with Crippen LogP contribution < -0.4 is 18.9 Å². The number of fused-ring (bicyclic) bond motifs is 1. The van der Waals surface area contributed by atoms with Gasteiger partial charge in [-0.15, -0.1) is 0 Å². The minimum Gasteiger partial charge on any atom is -0.649 e. The molecule has 4 rings (SSSR count). The third-order valence-electron chi connectivity index (χ3n) is 7.70. The molecule has 1 aliphatic rings. The summed E-state index contributed by atoms with van der Waals surface area (Å²) in [6.07, 6.45) is 0. The topological polar surface area (TPSA) is 50.8 Å². The average molecular weight is 535 g/mol. The van der Waals surface area contributed by atoms with Crippen molar-refractivity contribution in [3.05, 3.63) is 88.0 Å². The fraction of sp³-hybridized carbons (Fsp3) is 0.455. The lowest BCUT2D eigenvalue weighted by atomic mass is 9.75. The Kier molecular flexibility index (Phi) is 7.17. The van der Waals surface area contributed by atoms with Crippen molar-refractivity contribution >= 4 is 8.38 Å². The number of methoxy groups -OCH3 is 2. The van der Waals surface area contributed by atoms with Crippen LogP contribution >= 0.6 is 8.38 Å². The summed E-state index contributed by atoms with van der Waals surface area (Å²) >= 11 is 0. The number of hydrogen-bond acceptors (Lipinski definition) is 4. The Bertz CT molecular complexity index is 1270. The third-order valence-corrected chi connectivity index (χ3v) is 9.52. The van der Waals surface area contributed by atoms with Gasteiger partial charge in [-0.2, -0.15) is 0 Å². The first-order valence-electron chi connectivity index (χ1n) is 13.3. The molecule has 0 aromatic heterocycles. The molecular formula is C33H43O4P. The molecule has 1 atom stereocenters. The van der Waals surface area contributed by atoms with E-state index in [0.717, 1.165) is 33.4 Å². The maximum atomic E-state index is 14.6. The second-order valence-electron chi connectivity index (χ2n) is 13.4. The third kappa shape index (κ3) is 4.71. The number of hydrogen-bond donors (Lipinski definition) is 0. The molecule has 1 unspecified atom stereocenters. The molecule has 204 valence electrons. The molecule has 0 amide bonds. The van der Waals surface area contributed by atoms with Crippen LogP contribution in [0.4, 0.5) is 0 Å². The summed E-state index contributed by atoms with van der Waals surface area (Å²) in [7, 11) is 0.570. The predicted molar refractivity (Wildman–Crippen MR) is 157 cm³/mol. The summed E-state index contributed by atoms with van der Waals surface area (Å²) < 4.78 is 18.3. The van der Waals surface area contributed by atoms with Crippen LogP contribution in [0, 0.1) is 0 Å². The zero-order valence-corrected chi connectivity index (χ0v) is 25.8. The second kappa shape index (κ2) is 9.57. The molecule has 1 aliphatic heterocycles. The van der Waals surface area contributed by atoms with E-state index in [1.54, 1.807) is 14.2 Å². The molecule has 0 saturated heterocycles. The molecule has 4 nitrogen and oxygen atoms in total. The lowest BCUT2D eigenvalue weighted by Gasteiger charge is -2.35. The first-order valence-corrected chi connectivity index (χ1v) is 14.6. The van der Waals surface area contributed by atoms with E-state index in [4.69, 9.17) is 14.0 Å². The fourth-order valence-corrected chi connectivity index (χ4v) is 7.03. The van der Waals surface area contributed by atoms with E-state index in [9.17, 15) is 4.89 Å². The Labute approximate surface area is 230 Å². The van der Waals surface area contributed by atoms with Crippen LogP contribution in [0.25, 0.3) is 0 Å².